The standard InChI is InChI=1S/C14H17NO/c15-14(16)11-6-5-10-7-9-3-1-2-4-12(9)13(10)8-11/h5-6,8-9,12H,1-4,7H2,(H2,15,16). The second-order valence-electron chi connectivity index (χ2n) is 5.13. The van der Waals surface area contributed by atoms with E-state index in [1.54, 1.807) is 0 Å². The molecule has 2 N–H and O–H groups in total. The van der Waals surface area contributed by atoms with Crippen LogP contribution in [0.2, 0.25) is 0 Å². The molecule has 16 heavy (non-hydrogen) atoms. The average molecular weight is 215 g/mol. The Hall–Kier alpha value is -1.31. The molecule has 84 valence electrons. The molecule has 2 aliphatic rings. The summed E-state index contributed by atoms with van der Waals surface area (Å²) in [5, 5.41) is 0. The van der Waals surface area contributed by atoms with Crippen LogP contribution in [0.25, 0.3) is 0 Å². The average Bonchev–Trinajstić information content (AvgIpc) is 2.66. The first kappa shape index (κ1) is 9.88. The van der Waals surface area contributed by atoms with Gasteiger partial charge in [0.15, 0.2) is 0 Å². The summed E-state index contributed by atoms with van der Waals surface area (Å²) in [6.07, 6.45) is 6.56. The Morgan fingerprint density at radius 1 is 1.25 bits per heavy atom. The summed E-state index contributed by atoms with van der Waals surface area (Å²) in [5.41, 5.74) is 8.86. The summed E-state index contributed by atoms with van der Waals surface area (Å²) in [4.78, 5) is 11.2. The quantitative estimate of drug-likeness (QED) is 0.768. The Morgan fingerprint density at radius 2 is 2.06 bits per heavy atom. The summed E-state index contributed by atoms with van der Waals surface area (Å²) < 4.78 is 0. The van der Waals surface area contributed by atoms with Gasteiger partial charge in [0.1, 0.15) is 0 Å². The Balaban J connectivity index is 2.00. The minimum atomic E-state index is -0.304. The van der Waals surface area contributed by atoms with Gasteiger partial charge in [-0.3, -0.25) is 4.79 Å². The van der Waals surface area contributed by atoms with Crippen molar-refractivity contribution in [3.05, 3.63) is 34.9 Å². The van der Waals surface area contributed by atoms with E-state index in [4.69, 9.17) is 5.73 Å². The number of carbonyl (C=O) groups excluding carboxylic acids is 1. The van der Waals surface area contributed by atoms with Crippen LogP contribution in [-0.2, 0) is 6.42 Å². The zero-order valence-electron chi connectivity index (χ0n) is 9.41. The van der Waals surface area contributed by atoms with E-state index in [-0.39, 0.29) is 5.91 Å². The number of rotatable bonds is 1. The topological polar surface area (TPSA) is 43.1 Å². The van der Waals surface area contributed by atoms with E-state index in [0.29, 0.717) is 11.5 Å². The van der Waals surface area contributed by atoms with Crippen molar-refractivity contribution >= 4 is 5.91 Å². The van der Waals surface area contributed by atoms with Gasteiger partial charge in [0, 0.05) is 5.56 Å². The SMILES string of the molecule is NC(=O)c1ccc2c(c1)C1CCCCC1C2. The van der Waals surface area contributed by atoms with Crippen LogP contribution in [0.5, 0.6) is 0 Å². The van der Waals surface area contributed by atoms with Gasteiger partial charge in [-0.25, -0.2) is 0 Å². The molecule has 0 aliphatic heterocycles. The molecule has 2 atom stereocenters. The Bertz CT molecular complexity index is 438. The van der Waals surface area contributed by atoms with Crippen molar-refractivity contribution in [2.24, 2.45) is 11.7 Å². The van der Waals surface area contributed by atoms with Crippen molar-refractivity contribution < 1.29 is 4.79 Å². The Morgan fingerprint density at radius 3 is 2.88 bits per heavy atom. The van der Waals surface area contributed by atoms with Crippen LogP contribution in [0.15, 0.2) is 18.2 Å². The second kappa shape index (κ2) is 3.62. The number of hydrogen-bond donors (Lipinski definition) is 1. The van der Waals surface area contributed by atoms with E-state index < -0.39 is 0 Å². The van der Waals surface area contributed by atoms with Crippen molar-refractivity contribution in [1.82, 2.24) is 0 Å². The number of primary amides is 1. The molecule has 1 saturated carbocycles. The molecule has 2 nitrogen and oxygen atoms in total. The summed E-state index contributed by atoms with van der Waals surface area (Å²) >= 11 is 0. The number of hydrogen-bond acceptors (Lipinski definition) is 1. The Kier molecular flexibility index (Phi) is 2.23. The first-order chi connectivity index (χ1) is 7.75. The third-order valence-corrected chi connectivity index (χ3v) is 4.22. The fraction of sp³-hybridized carbons (Fsp3) is 0.500. The molecule has 1 aromatic carbocycles. The predicted octanol–water partition coefficient (Wildman–Crippen LogP) is 2.62. The molecule has 0 aromatic heterocycles. The lowest BCUT2D eigenvalue weighted by molar-refractivity contribution is 0.1000. The minimum Gasteiger partial charge on any atom is -0.366 e. The van der Waals surface area contributed by atoms with Gasteiger partial charge in [-0.15, -0.1) is 0 Å². The van der Waals surface area contributed by atoms with Gasteiger partial charge in [-0.2, -0.15) is 0 Å². The summed E-state index contributed by atoms with van der Waals surface area (Å²) in [7, 11) is 0. The highest BCUT2D eigenvalue weighted by Gasteiger charge is 2.34. The molecule has 2 aliphatic carbocycles. The van der Waals surface area contributed by atoms with Crippen molar-refractivity contribution in [2.75, 3.05) is 0 Å². The molecule has 1 fully saturated rings. The third-order valence-electron chi connectivity index (χ3n) is 4.22. The van der Waals surface area contributed by atoms with E-state index in [1.165, 1.54) is 43.2 Å². The summed E-state index contributed by atoms with van der Waals surface area (Å²) in [6.45, 7) is 0. The van der Waals surface area contributed by atoms with Crippen LogP contribution >= 0.6 is 0 Å². The predicted molar refractivity (Wildman–Crippen MR) is 63.4 cm³/mol. The zero-order chi connectivity index (χ0) is 11.1. The van der Waals surface area contributed by atoms with Gasteiger partial charge in [0.05, 0.1) is 0 Å². The molecule has 3 rings (SSSR count). The highest BCUT2D eigenvalue weighted by atomic mass is 16.1. The maximum absolute atomic E-state index is 11.2. The molecule has 0 bridgehead atoms. The molecule has 1 amide bonds. The van der Waals surface area contributed by atoms with Gasteiger partial charge >= 0.3 is 0 Å². The second-order valence-corrected chi connectivity index (χ2v) is 5.13. The van der Waals surface area contributed by atoms with Gasteiger partial charge in [0.2, 0.25) is 5.91 Å². The van der Waals surface area contributed by atoms with Gasteiger partial charge in [-0.05, 0) is 54.4 Å². The lowest BCUT2D eigenvalue weighted by atomic mass is 9.80. The van der Waals surface area contributed by atoms with Crippen molar-refractivity contribution in [1.29, 1.82) is 0 Å². The maximum atomic E-state index is 11.2. The van der Waals surface area contributed by atoms with E-state index >= 15 is 0 Å². The van der Waals surface area contributed by atoms with Crippen LogP contribution in [0.4, 0.5) is 0 Å². The Labute approximate surface area is 95.8 Å². The number of amides is 1. The zero-order valence-corrected chi connectivity index (χ0v) is 9.41. The minimum absolute atomic E-state index is 0.304. The van der Waals surface area contributed by atoms with Crippen LogP contribution in [0.1, 0.15) is 53.1 Å². The first-order valence-corrected chi connectivity index (χ1v) is 6.18. The van der Waals surface area contributed by atoms with Gasteiger partial charge < -0.3 is 5.73 Å². The molecular weight excluding hydrogens is 198 g/mol. The first-order valence-electron chi connectivity index (χ1n) is 6.18. The summed E-state index contributed by atoms with van der Waals surface area (Å²) in [5.74, 6) is 1.22. The van der Waals surface area contributed by atoms with Crippen LogP contribution < -0.4 is 5.73 Å². The molecule has 0 heterocycles. The highest BCUT2D eigenvalue weighted by Crippen LogP contribution is 2.46. The molecule has 0 saturated heterocycles. The lowest BCUT2D eigenvalue weighted by Crippen LogP contribution is -2.14. The molecule has 2 unspecified atom stereocenters. The number of nitrogens with two attached hydrogens (primary N) is 1. The van der Waals surface area contributed by atoms with Crippen molar-refractivity contribution in [3.8, 4) is 0 Å². The number of carbonyl (C=O) groups is 1. The maximum Gasteiger partial charge on any atom is 0.248 e. The molecule has 0 radical (unpaired) electrons. The molecular formula is C14H17NO. The van der Waals surface area contributed by atoms with E-state index in [1.807, 2.05) is 12.1 Å². The largest absolute Gasteiger partial charge is 0.366 e. The smallest absolute Gasteiger partial charge is 0.248 e. The summed E-state index contributed by atoms with van der Waals surface area (Å²) in [6, 6.07) is 6.01. The van der Waals surface area contributed by atoms with Gasteiger partial charge in [-0.1, -0.05) is 18.9 Å². The monoisotopic (exact) mass is 215 g/mol. The van der Waals surface area contributed by atoms with Crippen molar-refractivity contribution in [3.63, 3.8) is 0 Å². The third kappa shape index (κ3) is 1.44. The van der Waals surface area contributed by atoms with Crippen LogP contribution in [0, 0.1) is 5.92 Å². The van der Waals surface area contributed by atoms with Crippen LogP contribution in [0.3, 0.4) is 0 Å². The van der Waals surface area contributed by atoms with Crippen molar-refractivity contribution in [2.45, 2.75) is 38.0 Å². The number of fused-ring (bicyclic) bond motifs is 3. The molecule has 0 spiro atoms. The van der Waals surface area contributed by atoms with E-state index in [9.17, 15) is 4.79 Å². The lowest BCUT2D eigenvalue weighted by Gasteiger charge is -2.25. The molecule has 2 heteroatoms. The van der Waals surface area contributed by atoms with Crippen LogP contribution in [-0.4, -0.2) is 5.91 Å². The fourth-order valence-corrected chi connectivity index (χ4v) is 3.42. The fourth-order valence-electron chi connectivity index (χ4n) is 3.42. The van der Waals surface area contributed by atoms with E-state index in [0.717, 1.165) is 5.92 Å². The molecule has 1 aromatic rings. The normalized spacial score (nSPS) is 27.2. The van der Waals surface area contributed by atoms with E-state index in [2.05, 4.69) is 6.07 Å². The van der Waals surface area contributed by atoms with Gasteiger partial charge in [0.25, 0.3) is 0 Å². The highest BCUT2D eigenvalue weighted by molar-refractivity contribution is 5.93. The number of benzene rings is 1.